The van der Waals surface area contributed by atoms with E-state index in [-0.39, 0.29) is 17.5 Å². The average Bonchev–Trinajstić information content (AvgIpc) is 3.08. The van der Waals surface area contributed by atoms with Gasteiger partial charge in [0.25, 0.3) is 0 Å². The smallest absolute Gasteiger partial charge is 0.161 e. The van der Waals surface area contributed by atoms with E-state index in [1.165, 1.54) is 0 Å². The maximum Gasteiger partial charge on any atom is 0.161 e. The van der Waals surface area contributed by atoms with Crippen LogP contribution in [0.2, 0.25) is 0 Å². The van der Waals surface area contributed by atoms with Crippen LogP contribution in [0.5, 0.6) is 0 Å². The van der Waals surface area contributed by atoms with E-state index in [9.17, 15) is 8.42 Å². The minimum Gasteiger partial charge on any atom is -0.303 e. The monoisotopic (exact) mass is 314 g/mol. The molecular formula is C15H14N4O2S. The number of hydrogen-bond donors (Lipinski definition) is 0. The lowest BCUT2D eigenvalue weighted by molar-refractivity contribution is 0.569. The molecule has 4 rings (SSSR count). The van der Waals surface area contributed by atoms with Crippen LogP contribution in [0.15, 0.2) is 42.7 Å². The summed E-state index contributed by atoms with van der Waals surface area (Å²) in [6, 6.07) is 9.19. The number of imidazole rings is 1. The Morgan fingerprint density at radius 1 is 1.09 bits per heavy atom. The van der Waals surface area contributed by atoms with Crippen molar-refractivity contribution in [3.63, 3.8) is 0 Å². The molecule has 0 spiro atoms. The molecular weight excluding hydrogens is 300 g/mol. The van der Waals surface area contributed by atoms with Gasteiger partial charge < -0.3 is 4.57 Å². The highest BCUT2D eigenvalue weighted by atomic mass is 32.2. The van der Waals surface area contributed by atoms with Crippen LogP contribution in [0.4, 0.5) is 0 Å². The van der Waals surface area contributed by atoms with Gasteiger partial charge in [-0.25, -0.2) is 18.4 Å². The zero-order valence-corrected chi connectivity index (χ0v) is 12.6. The summed E-state index contributed by atoms with van der Waals surface area (Å²) in [5.74, 6) is 1.03. The van der Waals surface area contributed by atoms with Crippen LogP contribution in [0.3, 0.4) is 0 Å². The van der Waals surface area contributed by atoms with Crippen LogP contribution in [0, 0.1) is 0 Å². The Bertz CT molecular complexity index is 935. The minimum atomic E-state index is -2.99. The third-order valence-electron chi connectivity index (χ3n) is 3.92. The van der Waals surface area contributed by atoms with Gasteiger partial charge in [0.15, 0.2) is 21.3 Å². The molecule has 1 unspecified atom stereocenters. The fourth-order valence-electron chi connectivity index (χ4n) is 2.93. The van der Waals surface area contributed by atoms with Gasteiger partial charge in [-0.1, -0.05) is 6.07 Å². The first-order valence-electron chi connectivity index (χ1n) is 7.09. The number of sulfone groups is 1. The van der Waals surface area contributed by atoms with E-state index in [0.29, 0.717) is 17.9 Å². The third-order valence-corrected chi connectivity index (χ3v) is 5.67. The van der Waals surface area contributed by atoms with Crippen molar-refractivity contribution in [2.75, 3.05) is 11.5 Å². The zero-order valence-electron chi connectivity index (χ0n) is 11.8. The van der Waals surface area contributed by atoms with Gasteiger partial charge in [0, 0.05) is 12.4 Å². The van der Waals surface area contributed by atoms with Crippen LogP contribution in [0.25, 0.3) is 22.7 Å². The number of fused-ring (bicyclic) bond motifs is 1. The molecule has 0 aromatic carbocycles. The first-order chi connectivity index (χ1) is 10.6. The average molecular weight is 314 g/mol. The molecule has 112 valence electrons. The zero-order chi connectivity index (χ0) is 15.2. The summed E-state index contributed by atoms with van der Waals surface area (Å²) >= 11 is 0. The van der Waals surface area contributed by atoms with Crippen LogP contribution < -0.4 is 0 Å². The maximum atomic E-state index is 11.9. The number of hydrogen-bond acceptors (Lipinski definition) is 5. The summed E-state index contributed by atoms with van der Waals surface area (Å²) in [4.78, 5) is 13.4. The SMILES string of the molecule is O=S1(=O)CCC(n2c(-c3ccccn3)nc3cccnc32)C1. The fraction of sp³-hybridized carbons (Fsp3) is 0.267. The second kappa shape index (κ2) is 4.88. The molecule has 0 bridgehead atoms. The van der Waals surface area contributed by atoms with Gasteiger partial charge in [-0.15, -0.1) is 0 Å². The Morgan fingerprint density at radius 2 is 1.95 bits per heavy atom. The number of pyridine rings is 2. The van der Waals surface area contributed by atoms with Gasteiger partial charge >= 0.3 is 0 Å². The lowest BCUT2D eigenvalue weighted by Gasteiger charge is -2.14. The van der Waals surface area contributed by atoms with E-state index >= 15 is 0 Å². The molecule has 4 heterocycles. The Labute approximate surface area is 127 Å². The summed E-state index contributed by atoms with van der Waals surface area (Å²) in [5, 5.41) is 0. The lowest BCUT2D eigenvalue weighted by atomic mass is 10.2. The number of rotatable bonds is 2. The van der Waals surface area contributed by atoms with Crippen molar-refractivity contribution in [3.8, 4) is 11.5 Å². The molecule has 3 aromatic rings. The summed E-state index contributed by atoms with van der Waals surface area (Å²) in [5.41, 5.74) is 2.20. The molecule has 0 amide bonds. The molecule has 0 radical (unpaired) electrons. The molecule has 1 saturated heterocycles. The second-order valence-corrected chi connectivity index (χ2v) is 7.65. The van der Waals surface area contributed by atoms with Crippen molar-refractivity contribution in [3.05, 3.63) is 42.7 Å². The van der Waals surface area contributed by atoms with E-state index in [1.54, 1.807) is 12.4 Å². The highest BCUT2D eigenvalue weighted by Crippen LogP contribution is 2.32. The Balaban J connectivity index is 1.95. The van der Waals surface area contributed by atoms with Crippen LogP contribution >= 0.6 is 0 Å². The van der Waals surface area contributed by atoms with Crippen LogP contribution in [-0.2, 0) is 9.84 Å². The second-order valence-electron chi connectivity index (χ2n) is 5.42. The minimum absolute atomic E-state index is 0.134. The van der Waals surface area contributed by atoms with Crippen molar-refractivity contribution >= 4 is 21.0 Å². The van der Waals surface area contributed by atoms with Gasteiger partial charge in [0.1, 0.15) is 11.2 Å². The fourth-order valence-corrected chi connectivity index (χ4v) is 4.63. The standard InChI is InChI=1S/C15H14N4O2S/c20-22(21)9-6-11(10-22)19-14-13(5-3-8-17-14)18-15(19)12-4-1-2-7-16-12/h1-5,7-8,11H,6,9-10H2. The van der Waals surface area contributed by atoms with Gasteiger partial charge in [-0.2, -0.15) is 0 Å². The third kappa shape index (κ3) is 2.18. The van der Waals surface area contributed by atoms with Crippen molar-refractivity contribution in [2.24, 2.45) is 0 Å². The highest BCUT2D eigenvalue weighted by Gasteiger charge is 2.32. The van der Waals surface area contributed by atoms with Crippen LogP contribution in [0.1, 0.15) is 12.5 Å². The van der Waals surface area contributed by atoms with Crippen LogP contribution in [-0.4, -0.2) is 39.4 Å². The van der Waals surface area contributed by atoms with Gasteiger partial charge in [0.2, 0.25) is 0 Å². The number of aromatic nitrogens is 4. The van der Waals surface area contributed by atoms with Crippen molar-refractivity contribution in [1.29, 1.82) is 0 Å². The Morgan fingerprint density at radius 3 is 2.68 bits per heavy atom. The normalized spacial score (nSPS) is 20.5. The molecule has 7 heteroatoms. The van der Waals surface area contributed by atoms with E-state index < -0.39 is 9.84 Å². The van der Waals surface area contributed by atoms with Crippen molar-refractivity contribution in [1.82, 2.24) is 19.5 Å². The summed E-state index contributed by atoms with van der Waals surface area (Å²) in [7, 11) is -2.99. The topological polar surface area (TPSA) is 77.7 Å². The molecule has 1 aliphatic rings. The molecule has 1 aliphatic heterocycles. The molecule has 0 saturated carbocycles. The van der Waals surface area contributed by atoms with E-state index in [1.807, 2.05) is 34.9 Å². The molecule has 1 atom stereocenters. The van der Waals surface area contributed by atoms with Gasteiger partial charge in [-0.3, -0.25) is 4.98 Å². The molecule has 22 heavy (non-hydrogen) atoms. The predicted molar refractivity (Wildman–Crippen MR) is 83.1 cm³/mol. The Hall–Kier alpha value is -2.28. The Kier molecular flexibility index (Phi) is 2.97. The van der Waals surface area contributed by atoms with E-state index in [2.05, 4.69) is 15.0 Å². The lowest BCUT2D eigenvalue weighted by Crippen LogP contribution is -2.13. The maximum absolute atomic E-state index is 11.9. The summed E-state index contributed by atoms with van der Waals surface area (Å²) < 4.78 is 25.6. The van der Waals surface area contributed by atoms with Gasteiger partial charge in [0.05, 0.1) is 17.5 Å². The highest BCUT2D eigenvalue weighted by molar-refractivity contribution is 7.91. The first-order valence-corrected chi connectivity index (χ1v) is 8.91. The predicted octanol–water partition coefficient (Wildman–Crippen LogP) is 1.85. The molecule has 1 fully saturated rings. The van der Waals surface area contributed by atoms with E-state index in [4.69, 9.17) is 0 Å². The number of nitrogens with zero attached hydrogens (tertiary/aromatic N) is 4. The quantitative estimate of drug-likeness (QED) is 0.721. The van der Waals surface area contributed by atoms with Crippen molar-refractivity contribution in [2.45, 2.75) is 12.5 Å². The van der Waals surface area contributed by atoms with Gasteiger partial charge in [-0.05, 0) is 30.7 Å². The first kappa shape index (κ1) is 13.4. The molecule has 3 aromatic heterocycles. The summed E-state index contributed by atoms with van der Waals surface area (Å²) in [6.07, 6.45) is 3.99. The molecule has 0 N–H and O–H groups in total. The molecule has 0 aliphatic carbocycles. The van der Waals surface area contributed by atoms with Crippen molar-refractivity contribution < 1.29 is 8.42 Å². The van der Waals surface area contributed by atoms with E-state index in [0.717, 1.165) is 11.2 Å². The largest absolute Gasteiger partial charge is 0.303 e. The molecule has 6 nitrogen and oxygen atoms in total. The summed E-state index contributed by atoms with van der Waals surface area (Å²) in [6.45, 7) is 0.